The number of anilines is 1. The Morgan fingerprint density at radius 3 is 2.88 bits per heavy atom. The molecule has 1 N–H and O–H groups in total. The van der Waals surface area contributed by atoms with Gasteiger partial charge in [0.1, 0.15) is 17.4 Å². The summed E-state index contributed by atoms with van der Waals surface area (Å²) in [6, 6.07) is 13.5. The van der Waals surface area contributed by atoms with Gasteiger partial charge in [0.2, 0.25) is 0 Å². The van der Waals surface area contributed by atoms with E-state index in [1.165, 1.54) is 0 Å². The molecule has 122 valence electrons. The molecule has 1 atom stereocenters. The molecule has 4 heterocycles. The molecule has 0 aliphatic carbocycles. The van der Waals surface area contributed by atoms with Gasteiger partial charge in [0.05, 0.1) is 6.04 Å². The van der Waals surface area contributed by atoms with E-state index in [9.17, 15) is 0 Å². The van der Waals surface area contributed by atoms with Crippen LogP contribution in [0.25, 0.3) is 27.7 Å². The Kier molecular flexibility index (Phi) is 2.93. The van der Waals surface area contributed by atoms with Gasteiger partial charge in [-0.3, -0.25) is 4.40 Å². The number of benzene rings is 1. The van der Waals surface area contributed by atoms with Crippen molar-refractivity contribution in [1.82, 2.24) is 24.6 Å². The van der Waals surface area contributed by atoms with Crippen molar-refractivity contribution in [2.24, 2.45) is 0 Å². The van der Waals surface area contributed by atoms with E-state index in [0.717, 1.165) is 28.0 Å². The molecule has 0 amide bonds. The average molecular weight is 330 g/mol. The lowest BCUT2D eigenvalue weighted by Crippen LogP contribution is -2.11. The van der Waals surface area contributed by atoms with E-state index in [0.29, 0.717) is 11.4 Å². The van der Waals surface area contributed by atoms with E-state index in [4.69, 9.17) is 4.42 Å². The third-order valence-corrected chi connectivity index (χ3v) is 4.24. The zero-order valence-corrected chi connectivity index (χ0v) is 13.4. The number of para-hydroxylation sites is 1. The molecule has 1 aromatic carbocycles. The zero-order valence-electron chi connectivity index (χ0n) is 13.4. The van der Waals surface area contributed by atoms with Crippen molar-refractivity contribution >= 4 is 33.5 Å². The Balaban J connectivity index is 1.59. The van der Waals surface area contributed by atoms with Crippen molar-refractivity contribution in [2.45, 2.75) is 13.0 Å². The summed E-state index contributed by atoms with van der Waals surface area (Å²) in [5.41, 5.74) is 3.04. The van der Waals surface area contributed by atoms with Crippen molar-refractivity contribution < 1.29 is 4.42 Å². The van der Waals surface area contributed by atoms with E-state index in [1.807, 2.05) is 60.0 Å². The summed E-state index contributed by atoms with van der Waals surface area (Å²) >= 11 is 0. The normalized spacial score (nSPS) is 12.8. The van der Waals surface area contributed by atoms with Gasteiger partial charge in [0.15, 0.2) is 22.9 Å². The van der Waals surface area contributed by atoms with Crippen LogP contribution in [0.4, 0.5) is 5.82 Å². The fourth-order valence-electron chi connectivity index (χ4n) is 3.05. The number of hydrogen-bond donors (Lipinski definition) is 1. The summed E-state index contributed by atoms with van der Waals surface area (Å²) in [6.45, 7) is 2.01. The van der Waals surface area contributed by atoms with E-state index in [1.54, 1.807) is 6.33 Å². The summed E-state index contributed by atoms with van der Waals surface area (Å²) in [7, 11) is 0. The van der Waals surface area contributed by atoms with Crippen LogP contribution in [-0.2, 0) is 0 Å². The molecule has 7 heteroatoms. The summed E-state index contributed by atoms with van der Waals surface area (Å²) in [5.74, 6) is 1.44. The van der Waals surface area contributed by atoms with Gasteiger partial charge in [-0.05, 0) is 31.2 Å². The van der Waals surface area contributed by atoms with Crippen LogP contribution in [0.1, 0.15) is 18.8 Å². The molecule has 0 aliphatic rings. The largest absolute Gasteiger partial charge is 0.450 e. The first-order chi connectivity index (χ1) is 12.3. The summed E-state index contributed by atoms with van der Waals surface area (Å²) in [5, 5.41) is 12.8. The highest BCUT2D eigenvalue weighted by molar-refractivity contribution is 6.05. The highest BCUT2D eigenvalue weighted by Crippen LogP contribution is 2.31. The van der Waals surface area contributed by atoms with E-state index in [-0.39, 0.29) is 6.04 Å². The van der Waals surface area contributed by atoms with Crippen molar-refractivity contribution in [3.63, 3.8) is 0 Å². The van der Waals surface area contributed by atoms with Crippen molar-refractivity contribution in [1.29, 1.82) is 0 Å². The van der Waals surface area contributed by atoms with Crippen LogP contribution in [0.5, 0.6) is 0 Å². The molecular formula is C18H14N6O. The Bertz CT molecular complexity index is 1210. The molecule has 0 bridgehead atoms. The second-order valence-corrected chi connectivity index (χ2v) is 5.85. The number of pyridine rings is 1. The van der Waals surface area contributed by atoms with Crippen LogP contribution in [0, 0.1) is 0 Å². The van der Waals surface area contributed by atoms with Crippen molar-refractivity contribution in [2.75, 3.05) is 5.32 Å². The molecule has 5 rings (SSSR count). The van der Waals surface area contributed by atoms with Gasteiger partial charge in [-0.2, -0.15) is 0 Å². The molecule has 0 fully saturated rings. The Morgan fingerprint density at radius 1 is 1.04 bits per heavy atom. The molecule has 0 saturated carbocycles. The molecule has 25 heavy (non-hydrogen) atoms. The first-order valence-electron chi connectivity index (χ1n) is 8.00. The number of rotatable bonds is 3. The number of furan rings is 1. The molecule has 0 unspecified atom stereocenters. The zero-order chi connectivity index (χ0) is 16.8. The SMILES string of the molecule is C[C@H](Nc1ncnc2c1oc1ccccc12)c1nnc2ccccn12. The lowest BCUT2D eigenvalue weighted by molar-refractivity contribution is 0.663. The lowest BCUT2D eigenvalue weighted by Gasteiger charge is -2.12. The van der Waals surface area contributed by atoms with Crippen LogP contribution in [0.2, 0.25) is 0 Å². The Hall–Kier alpha value is -3.48. The standard InChI is InChI=1S/C18H14N6O/c1-11(18-23-22-14-8-4-5-9-24(14)18)21-17-16-15(19-10-20-17)12-6-2-3-7-13(12)25-16/h2-11H,1H3,(H,19,20,21)/t11-/m0/s1. The highest BCUT2D eigenvalue weighted by Gasteiger charge is 2.18. The maximum absolute atomic E-state index is 5.96. The molecule has 5 aromatic rings. The predicted octanol–water partition coefficient (Wildman–Crippen LogP) is 3.59. The topological polar surface area (TPSA) is 81.1 Å². The summed E-state index contributed by atoms with van der Waals surface area (Å²) in [6.07, 6.45) is 3.49. The maximum atomic E-state index is 5.96. The molecule has 0 radical (unpaired) electrons. The molecule has 0 aliphatic heterocycles. The smallest absolute Gasteiger partial charge is 0.196 e. The number of nitrogens with zero attached hydrogens (tertiary/aromatic N) is 5. The fraction of sp³-hybridized carbons (Fsp3) is 0.111. The average Bonchev–Trinajstić information content (AvgIpc) is 3.24. The second-order valence-electron chi connectivity index (χ2n) is 5.85. The maximum Gasteiger partial charge on any atom is 0.196 e. The fourth-order valence-corrected chi connectivity index (χ4v) is 3.05. The number of hydrogen-bond acceptors (Lipinski definition) is 6. The third-order valence-electron chi connectivity index (χ3n) is 4.24. The van der Waals surface area contributed by atoms with Gasteiger partial charge in [0, 0.05) is 11.6 Å². The van der Waals surface area contributed by atoms with Gasteiger partial charge < -0.3 is 9.73 Å². The quantitative estimate of drug-likeness (QED) is 0.544. The molecular weight excluding hydrogens is 316 g/mol. The van der Waals surface area contributed by atoms with Crippen LogP contribution in [0.15, 0.2) is 59.4 Å². The minimum Gasteiger partial charge on any atom is -0.450 e. The molecule has 0 spiro atoms. The molecule has 7 nitrogen and oxygen atoms in total. The molecule has 0 saturated heterocycles. The van der Waals surface area contributed by atoms with Crippen LogP contribution in [0.3, 0.4) is 0 Å². The van der Waals surface area contributed by atoms with Gasteiger partial charge in [-0.15, -0.1) is 10.2 Å². The number of aromatic nitrogens is 5. The van der Waals surface area contributed by atoms with Gasteiger partial charge in [0.25, 0.3) is 0 Å². The van der Waals surface area contributed by atoms with Crippen molar-refractivity contribution in [3.8, 4) is 0 Å². The summed E-state index contributed by atoms with van der Waals surface area (Å²) in [4.78, 5) is 8.73. The van der Waals surface area contributed by atoms with Crippen LogP contribution < -0.4 is 5.32 Å². The third kappa shape index (κ3) is 2.13. The highest BCUT2D eigenvalue weighted by atomic mass is 16.3. The van der Waals surface area contributed by atoms with Gasteiger partial charge in [-0.25, -0.2) is 9.97 Å². The number of fused-ring (bicyclic) bond motifs is 4. The summed E-state index contributed by atoms with van der Waals surface area (Å²) < 4.78 is 7.91. The first kappa shape index (κ1) is 13.9. The Morgan fingerprint density at radius 2 is 1.92 bits per heavy atom. The monoisotopic (exact) mass is 330 g/mol. The lowest BCUT2D eigenvalue weighted by atomic mass is 10.2. The van der Waals surface area contributed by atoms with Crippen LogP contribution in [-0.4, -0.2) is 24.6 Å². The first-order valence-corrected chi connectivity index (χ1v) is 8.00. The molecule has 4 aromatic heterocycles. The second kappa shape index (κ2) is 5.27. The minimum absolute atomic E-state index is 0.108. The van der Waals surface area contributed by atoms with E-state index < -0.39 is 0 Å². The minimum atomic E-state index is -0.108. The number of nitrogens with one attached hydrogen (secondary N) is 1. The predicted molar refractivity (Wildman–Crippen MR) is 94.3 cm³/mol. The van der Waals surface area contributed by atoms with E-state index in [2.05, 4.69) is 25.5 Å². The van der Waals surface area contributed by atoms with Gasteiger partial charge >= 0.3 is 0 Å². The van der Waals surface area contributed by atoms with Crippen molar-refractivity contribution in [3.05, 3.63) is 60.8 Å². The van der Waals surface area contributed by atoms with Gasteiger partial charge in [-0.1, -0.05) is 18.2 Å². The van der Waals surface area contributed by atoms with Crippen LogP contribution >= 0.6 is 0 Å². The van der Waals surface area contributed by atoms with E-state index >= 15 is 0 Å². The Labute approximate surface area is 142 Å².